The molecule has 4 aromatic rings. The lowest BCUT2D eigenvalue weighted by molar-refractivity contribution is -0.125. The number of halogens is 1. The standard InChI is InChI=1S/C24H22ClN3O4S/c1-24(8-9-24)23(29)26-15-19-12-17-13-21(25)16(11-18-7-10-32-27-18)14-22(17)28(19)33(30,31)20-5-3-2-4-6-20/h2-7,10,12-14H,8-9,11,15H2,1H3,(H,26,29). The molecule has 1 saturated carbocycles. The van der Waals surface area contributed by atoms with Gasteiger partial charge in [0.2, 0.25) is 5.91 Å². The van der Waals surface area contributed by atoms with E-state index in [4.69, 9.17) is 16.1 Å². The fraction of sp³-hybridized carbons (Fsp3) is 0.250. The Labute approximate surface area is 196 Å². The third-order valence-electron chi connectivity index (χ3n) is 6.12. The molecule has 2 aromatic carbocycles. The summed E-state index contributed by atoms with van der Waals surface area (Å²) < 4.78 is 33.6. The van der Waals surface area contributed by atoms with Crippen LogP contribution in [0, 0.1) is 5.41 Å². The van der Waals surface area contributed by atoms with Crippen LogP contribution >= 0.6 is 11.6 Å². The summed E-state index contributed by atoms with van der Waals surface area (Å²) in [4.78, 5) is 12.7. The van der Waals surface area contributed by atoms with Crippen molar-refractivity contribution in [2.45, 2.75) is 37.6 Å². The zero-order valence-corrected chi connectivity index (χ0v) is 19.5. The number of carbonyl (C=O) groups excluding carboxylic acids is 1. The topological polar surface area (TPSA) is 94.2 Å². The molecule has 0 bridgehead atoms. The molecule has 0 aliphatic heterocycles. The smallest absolute Gasteiger partial charge is 0.268 e. The summed E-state index contributed by atoms with van der Waals surface area (Å²) in [7, 11) is -3.92. The lowest BCUT2D eigenvalue weighted by Gasteiger charge is -2.14. The minimum absolute atomic E-state index is 0.0684. The minimum Gasteiger partial charge on any atom is -0.365 e. The van der Waals surface area contributed by atoms with E-state index in [0.29, 0.717) is 33.7 Å². The minimum atomic E-state index is -3.92. The van der Waals surface area contributed by atoms with E-state index in [0.717, 1.165) is 18.4 Å². The van der Waals surface area contributed by atoms with E-state index in [9.17, 15) is 13.2 Å². The Morgan fingerprint density at radius 2 is 1.94 bits per heavy atom. The Kier molecular flexibility index (Phi) is 5.29. The van der Waals surface area contributed by atoms with Crippen molar-refractivity contribution in [3.05, 3.63) is 82.8 Å². The highest BCUT2D eigenvalue weighted by molar-refractivity contribution is 7.90. The Morgan fingerprint density at radius 1 is 1.18 bits per heavy atom. The van der Waals surface area contributed by atoms with Gasteiger partial charge in [-0.05, 0) is 48.7 Å². The van der Waals surface area contributed by atoms with Crippen LogP contribution in [0.25, 0.3) is 10.9 Å². The monoisotopic (exact) mass is 483 g/mol. The first-order valence-electron chi connectivity index (χ1n) is 10.6. The van der Waals surface area contributed by atoms with Gasteiger partial charge in [0.25, 0.3) is 10.0 Å². The van der Waals surface area contributed by atoms with Crippen LogP contribution in [-0.2, 0) is 27.8 Å². The van der Waals surface area contributed by atoms with Gasteiger partial charge >= 0.3 is 0 Å². The summed E-state index contributed by atoms with van der Waals surface area (Å²) in [5.74, 6) is -0.0684. The van der Waals surface area contributed by atoms with Crippen molar-refractivity contribution >= 4 is 38.4 Å². The van der Waals surface area contributed by atoms with Gasteiger partial charge in [-0.25, -0.2) is 12.4 Å². The maximum Gasteiger partial charge on any atom is 0.268 e. The number of hydrogen-bond donors (Lipinski definition) is 1. The van der Waals surface area contributed by atoms with Crippen LogP contribution < -0.4 is 5.32 Å². The largest absolute Gasteiger partial charge is 0.365 e. The zero-order valence-electron chi connectivity index (χ0n) is 17.9. The van der Waals surface area contributed by atoms with Crippen molar-refractivity contribution in [3.8, 4) is 0 Å². The second kappa shape index (κ2) is 8.04. The fourth-order valence-electron chi connectivity index (χ4n) is 3.87. The highest BCUT2D eigenvalue weighted by atomic mass is 35.5. The van der Waals surface area contributed by atoms with Crippen molar-refractivity contribution in [2.75, 3.05) is 0 Å². The molecule has 1 amide bonds. The first-order valence-corrected chi connectivity index (χ1v) is 12.4. The van der Waals surface area contributed by atoms with Crippen LogP contribution in [0.5, 0.6) is 0 Å². The molecule has 170 valence electrons. The summed E-state index contributed by atoms with van der Waals surface area (Å²) in [6.45, 7) is 2.00. The number of carbonyl (C=O) groups is 1. The van der Waals surface area contributed by atoms with Crippen LogP contribution in [-0.4, -0.2) is 23.5 Å². The molecule has 1 aliphatic rings. The normalized spacial score (nSPS) is 15.0. The van der Waals surface area contributed by atoms with Gasteiger partial charge in [-0.1, -0.05) is 41.9 Å². The Balaban J connectivity index is 1.63. The van der Waals surface area contributed by atoms with Crippen LogP contribution in [0.1, 0.15) is 36.7 Å². The van der Waals surface area contributed by atoms with Crippen molar-refractivity contribution in [2.24, 2.45) is 5.41 Å². The van der Waals surface area contributed by atoms with Crippen LogP contribution in [0.15, 0.2) is 70.3 Å². The van der Waals surface area contributed by atoms with E-state index < -0.39 is 10.0 Å². The molecule has 0 spiro atoms. The fourth-order valence-corrected chi connectivity index (χ4v) is 5.66. The lowest BCUT2D eigenvalue weighted by Crippen LogP contribution is -2.31. The molecule has 1 aliphatic carbocycles. The SMILES string of the molecule is CC1(C(=O)NCc2cc3cc(Cl)c(Cc4ccon4)cc3n2S(=O)(=O)c2ccccc2)CC1. The Morgan fingerprint density at radius 3 is 2.61 bits per heavy atom. The van der Waals surface area contributed by atoms with Gasteiger partial charge in [0, 0.05) is 28.3 Å². The van der Waals surface area contributed by atoms with Gasteiger partial charge in [0.15, 0.2) is 0 Å². The number of benzene rings is 2. The number of fused-ring (bicyclic) bond motifs is 1. The molecule has 5 rings (SSSR count). The maximum absolute atomic E-state index is 13.7. The predicted octanol–water partition coefficient (Wildman–Crippen LogP) is 4.53. The van der Waals surface area contributed by atoms with Crippen LogP contribution in [0.3, 0.4) is 0 Å². The first kappa shape index (κ1) is 21.7. The van der Waals surface area contributed by atoms with E-state index in [1.807, 2.05) is 6.92 Å². The third kappa shape index (κ3) is 4.05. The van der Waals surface area contributed by atoms with E-state index in [-0.39, 0.29) is 22.8 Å². The summed E-state index contributed by atoms with van der Waals surface area (Å²) in [6, 6.07) is 15.2. The van der Waals surface area contributed by atoms with Crippen LogP contribution in [0.2, 0.25) is 5.02 Å². The lowest BCUT2D eigenvalue weighted by atomic mass is 10.1. The van der Waals surface area contributed by atoms with Crippen LogP contribution in [0.4, 0.5) is 0 Å². The van der Waals surface area contributed by atoms with Crippen molar-refractivity contribution < 1.29 is 17.7 Å². The Bertz CT molecular complexity index is 1440. The van der Waals surface area contributed by atoms with Crippen molar-refractivity contribution in [1.29, 1.82) is 0 Å². The summed E-state index contributed by atoms with van der Waals surface area (Å²) in [6.07, 6.45) is 3.55. The van der Waals surface area contributed by atoms with E-state index in [1.54, 1.807) is 54.6 Å². The molecule has 0 atom stereocenters. The molecule has 0 saturated heterocycles. The second-order valence-electron chi connectivity index (χ2n) is 8.63. The number of rotatable bonds is 7. The third-order valence-corrected chi connectivity index (χ3v) is 8.25. The summed E-state index contributed by atoms with van der Waals surface area (Å²) >= 11 is 6.52. The van der Waals surface area contributed by atoms with Gasteiger partial charge in [0.1, 0.15) is 6.26 Å². The Hall–Kier alpha value is -3.10. The molecule has 7 nitrogen and oxygen atoms in total. The first-order chi connectivity index (χ1) is 15.8. The predicted molar refractivity (Wildman–Crippen MR) is 124 cm³/mol. The van der Waals surface area contributed by atoms with Gasteiger partial charge < -0.3 is 9.84 Å². The highest BCUT2D eigenvalue weighted by Gasteiger charge is 2.44. The average Bonchev–Trinajstić information content (AvgIpc) is 3.20. The van der Waals surface area contributed by atoms with Crippen molar-refractivity contribution in [3.63, 3.8) is 0 Å². The zero-order chi connectivity index (χ0) is 23.2. The number of nitrogens with one attached hydrogen (secondary N) is 1. The quantitative estimate of drug-likeness (QED) is 0.417. The van der Waals surface area contributed by atoms with Gasteiger partial charge in [-0.3, -0.25) is 4.79 Å². The van der Waals surface area contributed by atoms with E-state index in [2.05, 4.69) is 10.5 Å². The molecular formula is C24H22ClN3O4S. The summed E-state index contributed by atoms with van der Waals surface area (Å²) in [5.41, 5.74) is 2.00. The summed E-state index contributed by atoms with van der Waals surface area (Å²) in [5, 5.41) is 8.01. The van der Waals surface area contributed by atoms with Gasteiger partial charge in [-0.2, -0.15) is 0 Å². The maximum atomic E-state index is 13.7. The number of hydrogen-bond acceptors (Lipinski definition) is 5. The molecule has 9 heteroatoms. The average molecular weight is 484 g/mol. The molecule has 0 unspecified atom stereocenters. The molecule has 2 aromatic heterocycles. The molecule has 1 fully saturated rings. The number of amides is 1. The second-order valence-corrected chi connectivity index (χ2v) is 10.8. The van der Waals surface area contributed by atoms with Gasteiger partial charge in [-0.15, -0.1) is 0 Å². The van der Waals surface area contributed by atoms with E-state index >= 15 is 0 Å². The molecular weight excluding hydrogens is 462 g/mol. The number of aromatic nitrogens is 2. The van der Waals surface area contributed by atoms with Gasteiger partial charge in [0.05, 0.1) is 28.3 Å². The van der Waals surface area contributed by atoms with E-state index in [1.165, 1.54) is 10.2 Å². The molecule has 33 heavy (non-hydrogen) atoms. The van der Waals surface area contributed by atoms with Crippen molar-refractivity contribution in [1.82, 2.24) is 14.4 Å². The molecule has 2 heterocycles. The molecule has 0 radical (unpaired) electrons. The highest BCUT2D eigenvalue weighted by Crippen LogP contribution is 2.45. The number of nitrogens with zero attached hydrogens (tertiary/aromatic N) is 2. The molecule has 1 N–H and O–H groups in total.